The summed E-state index contributed by atoms with van der Waals surface area (Å²) >= 11 is 3.72. The van der Waals surface area contributed by atoms with Crippen LogP contribution in [0.2, 0.25) is 0 Å². The van der Waals surface area contributed by atoms with Crippen molar-refractivity contribution in [3.8, 4) is 0 Å². The van der Waals surface area contributed by atoms with Gasteiger partial charge < -0.3 is 25.4 Å². The number of aliphatic hydroxyl groups is 1. The number of carbonyl (C=O) groups excluding carboxylic acids is 3. The van der Waals surface area contributed by atoms with Gasteiger partial charge in [0.25, 0.3) is 0 Å². The fourth-order valence-electron chi connectivity index (χ4n) is 7.14. The molecule has 0 aliphatic carbocycles. The van der Waals surface area contributed by atoms with Crippen molar-refractivity contribution in [2.75, 3.05) is 11.9 Å². The van der Waals surface area contributed by atoms with E-state index in [1.54, 1.807) is 0 Å². The third-order valence-corrected chi connectivity index (χ3v) is 9.85. The Balaban J connectivity index is 1.40. The normalized spacial score (nSPS) is 28.4. The minimum atomic E-state index is -1.24. The van der Waals surface area contributed by atoms with E-state index in [0.717, 1.165) is 16.7 Å². The zero-order valence-corrected chi connectivity index (χ0v) is 25.1. The number of para-hydroxylation sites is 1. The molecule has 3 saturated heterocycles. The Labute approximate surface area is 253 Å². The fraction of sp³-hybridized carbons (Fsp3) is 0.364. The number of alkyl halides is 1. The summed E-state index contributed by atoms with van der Waals surface area (Å²) in [5.41, 5.74) is 2.86. The molecule has 3 aliphatic heterocycles. The van der Waals surface area contributed by atoms with E-state index in [4.69, 9.17) is 4.74 Å². The first-order valence-corrected chi connectivity index (χ1v) is 15.2. The minimum Gasteiger partial charge on any atom is -0.394 e. The van der Waals surface area contributed by atoms with Crippen LogP contribution in [0.5, 0.6) is 0 Å². The van der Waals surface area contributed by atoms with Crippen LogP contribution in [0.25, 0.3) is 0 Å². The average molecular weight is 633 g/mol. The van der Waals surface area contributed by atoms with Gasteiger partial charge in [-0.05, 0) is 42.5 Å². The largest absolute Gasteiger partial charge is 0.394 e. The highest BCUT2D eigenvalue weighted by molar-refractivity contribution is 9.09. The molecule has 0 radical (unpaired) electrons. The highest BCUT2D eigenvalue weighted by Gasteiger charge is 2.77. The number of aliphatic hydroxyl groups excluding tert-OH is 1. The standard InChI is InChI=1S/C33H34BrN3O5/c1-19-10-9-11-20(2)27(19)36-31(40)29-33-16-23(34)28(42-33)25(30(39)35-17-21-12-5-3-6-13-21)26(33)32(41)37(29)24(18-38)22-14-7-4-8-15-22/h3-15,23-26,28-29,38H,16-18H2,1-2H3,(H,35,39)(H,36,40)/t23?,24-,25-,26+,28-,29?,33?/m1/s1. The first kappa shape index (κ1) is 28.6. The van der Waals surface area contributed by atoms with Crippen molar-refractivity contribution in [3.05, 3.63) is 101 Å². The monoisotopic (exact) mass is 631 g/mol. The van der Waals surface area contributed by atoms with Crippen LogP contribution in [0.1, 0.15) is 34.7 Å². The van der Waals surface area contributed by atoms with Crippen molar-refractivity contribution in [2.24, 2.45) is 11.8 Å². The molecule has 0 aromatic heterocycles. The number of carbonyl (C=O) groups is 3. The van der Waals surface area contributed by atoms with Crippen LogP contribution >= 0.6 is 15.9 Å². The maximum atomic E-state index is 14.5. The van der Waals surface area contributed by atoms with Crippen LogP contribution in [0.3, 0.4) is 0 Å². The zero-order valence-electron chi connectivity index (χ0n) is 23.5. The van der Waals surface area contributed by atoms with Gasteiger partial charge in [0, 0.05) is 17.1 Å². The Morgan fingerprint density at radius 2 is 1.64 bits per heavy atom. The van der Waals surface area contributed by atoms with Crippen molar-refractivity contribution in [2.45, 2.75) is 55.4 Å². The van der Waals surface area contributed by atoms with Crippen LogP contribution in [0.15, 0.2) is 78.9 Å². The van der Waals surface area contributed by atoms with Crippen LogP contribution in [-0.4, -0.2) is 56.9 Å². The highest BCUT2D eigenvalue weighted by Crippen LogP contribution is 2.61. The number of ether oxygens (including phenoxy) is 1. The van der Waals surface area contributed by atoms with Crippen molar-refractivity contribution >= 4 is 39.3 Å². The lowest BCUT2D eigenvalue weighted by atomic mass is 9.70. The van der Waals surface area contributed by atoms with Gasteiger partial charge in [-0.3, -0.25) is 14.4 Å². The molecule has 3 unspecified atom stereocenters. The molecule has 7 atom stereocenters. The average Bonchev–Trinajstić information content (AvgIpc) is 3.59. The fourth-order valence-corrected chi connectivity index (χ4v) is 8.08. The minimum absolute atomic E-state index is 0.228. The SMILES string of the molecule is Cc1cccc(C)c1NC(=O)C1N([C@H](CO)c2ccccc2)C(=O)[C@@H]2[C@@H](C(=O)NCc3ccccc3)[C@@H]3OC12CC3Br. The van der Waals surface area contributed by atoms with E-state index in [1.807, 2.05) is 92.7 Å². The highest BCUT2D eigenvalue weighted by atomic mass is 79.9. The number of aryl methyl sites for hydroxylation is 2. The van der Waals surface area contributed by atoms with E-state index in [1.165, 1.54) is 4.90 Å². The lowest BCUT2D eigenvalue weighted by Gasteiger charge is -2.37. The van der Waals surface area contributed by atoms with E-state index >= 15 is 0 Å². The lowest BCUT2D eigenvalue weighted by molar-refractivity contribution is -0.144. The third-order valence-electron chi connectivity index (χ3n) is 9.01. The lowest BCUT2D eigenvalue weighted by Crippen LogP contribution is -2.55. The number of hydrogen-bond donors (Lipinski definition) is 3. The Hall–Kier alpha value is -3.53. The number of rotatable bonds is 8. The summed E-state index contributed by atoms with van der Waals surface area (Å²) in [4.78, 5) is 43.9. The van der Waals surface area contributed by atoms with Crippen molar-refractivity contribution < 1.29 is 24.2 Å². The van der Waals surface area contributed by atoms with Crippen LogP contribution < -0.4 is 10.6 Å². The second kappa shape index (κ2) is 11.3. The van der Waals surface area contributed by atoms with Gasteiger partial charge in [-0.2, -0.15) is 0 Å². The number of fused-ring (bicyclic) bond motifs is 1. The van der Waals surface area contributed by atoms with E-state index < -0.39 is 48.1 Å². The Morgan fingerprint density at radius 1 is 1.00 bits per heavy atom. The molecule has 3 aromatic rings. The number of likely N-dealkylation sites (tertiary alicyclic amines) is 1. The van der Waals surface area contributed by atoms with E-state index in [9.17, 15) is 19.5 Å². The molecule has 1 spiro atoms. The predicted molar refractivity (Wildman–Crippen MR) is 162 cm³/mol. The molecule has 9 heteroatoms. The van der Waals surface area contributed by atoms with Gasteiger partial charge in [0.05, 0.1) is 30.6 Å². The number of nitrogens with one attached hydrogen (secondary N) is 2. The summed E-state index contributed by atoms with van der Waals surface area (Å²) in [6.07, 6.45) is -0.193. The van der Waals surface area contributed by atoms with Crippen LogP contribution in [-0.2, 0) is 25.7 Å². The molecule has 8 nitrogen and oxygen atoms in total. The second-order valence-electron chi connectivity index (χ2n) is 11.5. The third kappa shape index (κ3) is 4.64. The number of hydrogen-bond acceptors (Lipinski definition) is 5. The molecule has 3 fully saturated rings. The van der Waals surface area contributed by atoms with Crippen LogP contribution in [0, 0.1) is 25.7 Å². The van der Waals surface area contributed by atoms with Gasteiger partial charge in [0.2, 0.25) is 17.7 Å². The molecule has 3 aromatic carbocycles. The van der Waals surface area contributed by atoms with Gasteiger partial charge in [0.1, 0.15) is 11.6 Å². The molecule has 3 heterocycles. The zero-order chi connectivity index (χ0) is 29.6. The number of amides is 3. The quantitative estimate of drug-likeness (QED) is 0.325. The smallest absolute Gasteiger partial charge is 0.250 e. The molecule has 42 heavy (non-hydrogen) atoms. The van der Waals surface area contributed by atoms with E-state index in [-0.39, 0.29) is 16.6 Å². The maximum Gasteiger partial charge on any atom is 0.250 e. The summed E-state index contributed by atoms with van der Waals surface area (Å²) < 4.78 is 6.63. The summed E-state index contributed by atoms with van der Waals surface area (Å²) in [6, 6.07) is 22.7. The molecule has 3 aliphatic rings. The first-order valence-electron chi connectivity index (χ1n) is 14.3. The number of halogens is 1. The van der Waals surface area contributed by atoms with Crippen molar-refractivity contribution in [3.63, 3.8) is 0 Å². The Kier molecular flexibility index (Phi) is 7.68. The topological polar surface area (TPSA) is 108 Å². The van der Waals surface area contributed by atoms with Crippen LogP contribution in [0.4, 0.5) is 5.69 Å². The molecule has 3 N–H and O–H groups in total. The van der Waals surface area contributed by atoms with Gasteiger partial charge in [0.15, 0.2) is 0 Å². The molecular formula is C33H34BrN3O5. The Bertz CT molecular complexity index is 1480. The molecule has 2 bridgehead atoms. The second-order valence-corrected chi connectivity index (χ2v) is 12.7. The number of benzene rings is 3. The van der Waals surface area contributed by atoms with Gasteiger partial charge in [-0.1, -0.05) is 94.8 Å². The van der Waals surface area contributed by atoms with Gasteiger partial charge >= 0.3 is 0 Å². The number of nitrogens with zero attached hydrogens (tertiary/aromatic N) is 1. The summed E-state index contributed by atoms with van der Waals surface area (Å²) in [7, 11) is 0. The predicted octanol–water partition coefficient (Wildman–Crippen LogP) is 4.04. The first-order chi connectivity index (χ1) is 20.3. The van der Waals surface area contributed by atoms with Crippen molar-refractivity contribution in [1.29, 1.82) is 0 Å². The number of anilines is 1. The van der Waals surface area contributed by atoms with Gasteiger partial charge in [-0.15, -0.1) is 0 Å². The molecule has 0 saturated carbocycles. The molecule has 3 amide bonds. The molecule has 6 rings (SSSR count). The summed E-state index contributed by atoms with van der Waals surface area (Å²) in [5.74, 6) is -2.72. The van der Waals surface area contributed by atoms with Crippen molar-refractivity contribution in [1.82, 2.24) is 10.2 Å². The van der Waals surface area contributed by atoms with E-state index in [2.05, 4.69) is 26.6 Å². The maximum absolute atomic E-state index is 14.5. The Morgan fingerprint density at radius 3 is 2.29 bits per heavy atom. The summed E-state index contributed by atoms with van der Waals surface area (Å²) in [5, 5.41) is 16.7. The molecular weight excluding hydrogens is 598 g/mol. The molecule has 218 valence electrons. The summed E-state index contributed by atoms with van der Waals surface area (Å²) in [6.45, 7) is 3.76. The van der Waals surface area contributed by atoms with Gasteiger partial charge in [-0.25, -0.2) is 0 Å². The van der Waals surface area contributed by atoms with E-state index in [0.29, 0.717) is 24.2 Å².